The van der Waals surface area contributed by atoms with E-state index < -0.39 is 0 Å². The molecule has 1 aliphatic rings. The molecule has 0 fully saturated rings. The number of nitrogens with zero attached hydrogens (tertiary/aromatic N) is 4. The van der Waals surface area contributed by atoms with Crippen molar-refractivity contribution in [2.24, 2.45) is 0 Å². The molecule has 30 heavy (non-hydrogen) atoms. The molecular weight excluding hydrogens is 376 g/mol. The molecule has 0 saturated heterocycles. The van der Waals surface area contributed by atoms with Crippen LogP contribution in [-0.2, 0) is 17.8 Å². The molecular formula is C23H26N6O. The second-order valence-electron chi connectivity index (χ2n) is 7.60. The molecule has 1 aliphatic heterocycles. The van der Waals surface area contributed by atoms with E-state index in [1.54, 1.807) is 0 Å². The Morgan fingerprint density at radius 1 is 1.00 bits per heavy atom. The molecule has 2 aromatic carbocycles. The highest BCUT2D eigenvalue weighted by Gasteiger charge is 2.09. The molecule has 1 aromatic heterocycles. The lowest BCUT2D eigenvalue weighted by Gasteiger charge is -2.17. The third kappa shape index (κ3) is 5.39. The Kier molecular flexibility index (Phi) is 6.29. The number of aromatic nitrogens is 3. The zero-order chi connectivity index (χ0) is 20.8. The molecule has 7 heteroatoms. The van der Waals surface area contributed by atoms with E-state index in [-0.39, 0.29) is 5.91 Å². The Balaban J connectivity index is 1.63. The third-order valence-electron chi connectivity index (χ3n) is 5.08. The van der Waals surface area contributed by atoms with Crippen LogP contribution in [0.15, 0.2) is 54.9 Å². The molecule has 3 aromatic rings. The highest BCUT2D eigenvalue weighted by molar-refractivity contribution is 5.76. The van der Waals surface area contributed by atoms with Crippen molar-refractivity contribution in [3.05, 3.63) is 66.0 Å². The molecule has 2 heterocycles. The topological polar surface area (TPSA) is 83.0 Å². The van der Waals surface area contributed by atoms with Gasteiger partial charge in [0.25, 0.3) is 0 Å². The summed E-state index contributed by atoms with van der Waals surface area (Å²) in [5, 5.41) is 6.31. The molecule has 2 N–H and O–H groups in total. The molecule has 0 spiro atoms. The number of amides is 1. The first-order chi connectivity index (χ1) is 14.7. The predicted octanol–water partition coefficient (Wildman–Crippen LogP) is 3.17. The maximum Gasteiger partial charge on any atom is 0.230 e. The Hall–Kier alpha value is -3.32. The minimum Gasteiger partial charge on any atom is -0.356 e. The summed E-state index contributed by atoms with van der Waals surface area (Å²) in [5.74, 6) is 1.25. The first kappa shape index (κ1) is 20.0. The summed E-state index contributed by atoms with van der Waals surface area (Å²) in [4.78, 5) is 27.5. The Labute approximate surface area is 176 Å². The van der Waals surface area contributed by atoms with Gasteiger partial charge in [-0.3, -0.25) is 4.79 Å². The zero-order valence-electron chi connectivity index (χ0n) is 17.1. The van der Waals surface area contributed by atoms with Crippen molar-refractivity contribution in [3.8, 4) is 11.4 Å². The smallest absolute Gasteiger partial charge is 0.230 e. The number of benzene rings is 2. The van der Waals surface area contributed by atoms with E-state index >= 15 is 0 Å². The lowest BCUT2D eigenvalue weighted by atomic mass is 10.1. The van der Waals surface area contributed by atoms with Gasteiger partial charge in [0.2, 0.25) is 11.9 Å². The van der Waals surface area contributed by atoms with Crippen LogP contribution in [0.4, 0.5) is 11.6 Å². The third-order valence-corrected chi connectivity index (χ3v) is 5.08. The number of hydrogen-bond acceptors (Lipinski definition) is 6. The van der Waals surface area contributed by atoms with Crippen LogP contribution in [0.25, 0.3) is 11.4 Å². The van der Waals surface area contributed by atoms with Gasteiger partial charge in [-0.15, -0.1) is 0 Å². The van der Waals surface area contributed by atoms with Crippen LogP contribution in [0.5, 0.6) is 0 Å². The van der Waals surface area contributed by atoms with Crippen LogP contribution < -0.4 is 10.6 Å². The largest absolute Gasteiger partial charge is 0.356 e. The van der Waals surface area contributed by atoms with Crippen molar-refractivity contribution in [1.29, 1.82) is 0 Å². The van der Waals surface area contributed by atoms with Gasteiger partial charge in [-0.05, 0) is 49.2 Å². The van der Waals surface area contributed by atoms with E-state index in [9.17, 15) is 4.79 Å². The highest BCUT2D eigenvalue weighted by atomic mass is 16.1. The van der Waals surface area contributed by atoms with Crippen molar-refractivity contribution in [2.75, 3.05) is 25.5 Å². The van der Waals surface area contributed by atoms with Crippen molar-refractivity contribution in [1.82, 2.24) is 25.2 Å². The fourth-order valence-electron chi connectivity index (χ4n) is 3.53. The van der Waals surface area contributed by atoms with Gasteiger partial charge in [0.05, 0.1) is 0 Å². The van der Waals surface area contributed by atoms with Gasteiger partial charge in [0, 0.05) is 37.3 Å². The molecule has 1 amide bonds. The van der Waals surface area contributed by atoms with Gasteiger partial charge in [-0.25, -0.2) is 9.97 Å². The highest BCUT2D eigenvalue weighted by Crippen LogP contribution is 2.20. The minimum atomic E-state index is 0.0967. The van der Waals surface area contributed by atoms with Crippen LogP contribution in [0.1, 0.15) is 24.0 Å². The fraction of sp³-hybridized carbons (Fsp3) is 0.304. The predicted molar refractivity (Wildman–Crippen MR) is 117 cm³/mol. The van der Waals surface area contributed by atoms with E-state index in [1.807, 2.05) is 31.3 Å². The number of nitrogens with one attached hydrogen (secondary N) is 2. The van der Waals surface area contributed by atoms with Crippen LogP contribution in [-0.4, -0.2) is 45.9 Å². The molecule has 0 atom stereocenters. The quantitative estimate of drug-likeness (QED) is 0.601. The average molecular weight is 403 g/mol. The summed E-state index contributed by atoms with van der Waals surface area (Å²) < 4.78 is 0. The van der Waals surface area contributed by atoms with Crippen molar-refractivity contribution < 1.29 is 4.79 Å². The van der Waals surface area contributed by atoms with Crippen LogP contribution in [0, 0.1) is 0 Å². The first-order valence-corrected chi connectivity index (χ1v) is 10.3. The lowest BCUT2D eigenvalue weighted by Crippen LogP contribution is -2.29. The summed E-state index contributed by atoms with van der Waals surface area (Å²) in [7, 11) is 2.03. The van der Waals surface area contributed by atoms with Gasteiger partial charge >= 0.3 is 0 Å². The van der Waals surface area contributed by atoms with E-state index in [2.05, 4.69) is 54.8 Å². The molecule has 0 saturated carbocycles. The normalized spacial score (nSPS) is 15.8. The fourth-order valence-corrected chi connectivity index (χ4v) is 3.53. The lowest BCUT2D eigenvalue weighted by molar-refractivity contribution is -0.121. The number of aryl methyl sites for hydroxylation is 1. The minimum absolute atomic E-state index is 0.0967. The van der Waals surface area contributed by atoms with Gasteiger partial charge in [-0.2, -0.15) is 4.98 Å². The number of fused-ring (bicyclic) bond motifs is 7. The van der Waals surface area contributed by atoms with Crippen LogP contribution in [0.2, 0.25) is 0 Å². The summed E-state index contributed by atoms with van der Waals surface area (Å²) >= 11 is 0. The van der Waals surface area contributed by atoms with E-state index in [0.717, 1.165) is 36.2 Å². The van der Waals surface area contributed by atoms with E-state index in [0.29, 0.717) is 31.3 Å². The second-order valence-corrected chi connectivity index (χ2v) is 7.60. The maximum atomic E-state index is 12.2. The molecule has 154 valence electrons. The van der Waals surface area contributed by atoms with Gasteiger partial charge in [0.15, 0.2) is 5.82 Å². The van der Waals surface area contributed by atoms with Gasteiger partial charge in [-0.1, -0.05) is 30.3 Å². The summed E-state index contributed by atoms with van der Waals surface area (Å²) in [6, 6.07) is 16.4. The summed E-state index contributed by atoms with van der Waals surface area (Å²) in [6.45, 7) is 2.15. The number of hydrogen-bond donors (Lipinski definition) is 2. The van der Waals surface area contributed by atoms with E-state index in [4.69, 9.17) is 0 Å². The number of rotatable bonds is 0. The number of anilines is 2. The molecule has 0 unspecified atom stereocenters. The monoisotopic (exact) mass is 402 g/mol. The molecule has 4 rings (SSSR count). The van der Waals surface area contributed by atoms with E-state index in [1.165, 1.54) is 11.9 Å². The summed E-state index contributed by atoms with van der Waals surface area (Å²) in [6.07, 6.45) is 3.80. The molecule has 7 nitrogen and oxygen atoms in total. The van der Waals surface area contributed by atoms with Crippen molar-refractivity contribution >= 4 is 17.5 Å². The van der Waals surface area contributed by atoms with Gasteiger partial charge < -0.3 is 15.5 Å². The summed E-state index contributed by atoms with van der Waals surface area (Å²) in [5.41, 5.74) is 4.22. The Morgan fingerprint density at radius 3 is 2.80 bits per heavy atom. The van der Waals surface area contributed by atoms with Crippen molar-refractivity contribution in [2.45, 2.75) is 25.8 Å². The van der Waals surface area contributed by atoms with Crippen LogP contribution in [0.3, 0.4) is 0 Å². The zero-order valence-corrected chi connectivity index (χ0v) is 17.1. The standard InChI is InChI=1S/C23H26N6O/c1-29-12-10-21(30)24-11-4-7-17-5-2-8-19(13-17)22-25-16-26-23(28-22)27-20-9-3-6-18(14-20)15-29/h2-3,5-6,8-9,13-14,16H,4,7,10-12,15H2,1H3,(H,24,30)(H,25,26,27,28). The maximum absolute atomic E-state index is 12.2. The molecule has 6 bridgehead atoms. The average Bonchev–Trinajstić information content (AvgIpc) is 2.75. The molecule has 0 aliphatic carbocycles. The Morgan fingerprint density at radius 2 is 1.87 bits per heavy atom. The number of carbonyl (C=O) groups is 1. The SMILES string of the molecule is CN1CCC(=O)NCCCc2cccc(c2)-c2ncnc(n2)Nc2cccc(c2)C1. The second kappa shape index (κ2) is 9.45. The number of carbonyl (C=O) groups excluding carboxylic acids is 1. The molecule has 0 radical (unpaired) electrons. The van der Waals surface area contributed by atoms with Crippen molar-refractivity contribution in [3.63, 3.8) is 0 Å². The van der Waals surface area contributed by atoms with Gasteiger partial charge in [0.1, 0.15) is 6.33 Å². The van der Waals surface area contributed by atoms with Crippen LogP contribution >= 0.6 is 0 Å². The Bertz CT molecular complexity index is 1020. The first-order valence-electron chi connectivity index (χ1n) is 10.3.